The number of carbonyl (C=O) groups excluding carboxylic acids is 4. The second kappa shape index (κ2) is 11.5. The van der Waals surface area contributed by atoms with Crippen LogP contribution in [0.3, 0.4) is 0 Å². The van der Waals surface area contributed by atoms with Crippen LogP contribution in [0.1, 0.15) is 41.0 Å². The van der Waals surface area contributed by atoms with Crippen molar-refractivity contribution >= 4 is 29.8 Å². The van der Waals surface area contributed by atoms with Crippen LogP contribution in [-0.2, 0) is 52.4 Å². The van der Waals surface area contributed by atoms with Gasteiger partial charge in [-0.3, -0.25) is 19.2 Å². The molecule has 12 heteroatoms. The Balaban J connectivity index is 3.37. The highest BCUT2D eigenvalue weighted by atomic mass is 16.7. The summed E-state index contributed by atoms with van der Waals surface area (Å²) in [5.41, 5.74) is 0. The van der Waals surface area contributed by atoms with Gasteiger partial charge in [-0.15, -0.1) is 0 Å². The standard InChI is InChI=1S/C18H26O12/c1-6-12(17(23)24)29-18-16(28-11(5)22)15(27-10(4)21)14(26-9(3)20)13(30-18)7-25-8(2)19/h12-16,18H,6-7H2,1-5H3,(H,23,24)/t12?,13-,14-,15+,16-,18-/m1/s1. The number of carboxylic acids is 1. The highest BCUT2D eigenvalue weighted by molar-refractivity contribution is 5.72. The van der Waals surface area contributed by atoms with Crippen molar-refractivity contribution in [3.05, 3.63) is 0 Å². The smallest absolute Gasteiger partial charge is 0.332 e. The number of hydrogen-bond acceptors (Lipinski definition) is 11. The Bertz CT molecular complexity index is 660. The molecule has 30 heavy (non-hydrogen) atoms. The van der Waals surface area contributed by atoms with Crippen LogP contribution < -0.4 is 0 Å². The molecule has 1 aliphatic heterocycles. The van der Waals surface area contributed by atoms with Gasteiger partial charge in [0.2, 0.25) is 0 Å². The van der Waals surface area contributed by atoms with Gasteiger partial charge in [0, 0.05) is 27.7 Å². The van der Waals surface area contributed by atoms with E-state index in [1.807, 2.05) is 0 Å². The Morgan fingerprint density at radius 3 is 1.77 bits per heavy atom. The quantitative estimate of drug-likeness (QED) is 0.381. The average molecular weight is 434 g/mol. The average Bonchev–Trinajstić information content (AvgIpc) is 2.60. The minimum Gasteiger partial charge on any atom is -0.479 e. The first kappa shape index (κ1) is 25.3. The first-order valence-electron chi connectivity index (χ1n) is 9.14. The zero-order chi connectivity index (χ0) is 23.0. The van der Waals surface area contributed by atoms with Crippen LogP contribution in [-0.4, -0.2) is 78.4 Å². The molecule has 1 N–H and O–H groups in total. The zero-order valence-electron chi connectivity index (χ0n) is 17.3. The van der Waals surface area contributed by atoms with Gasteiger partial charge in [-0.25, -0.2) is 4.79 Å². The van der Waals surface area contributed by atoms with Gasteiger partial charge in [0.05, 0.1) is 0 Å². The molecule has 0 aromatic carbocycles. The predicted molar refractivity (Wildman–Crippen MR) is 94.8 cm³/mol. The van der Waals surface area contributed by atoms with Crippen molar-refractivity contribution < 1.29 is 57.5 Å². The van der Waals surface area contributed by atoms with Crippen molar-refractivity contribution in [3.8, 4) is 0 Å². The van der Waals surface area contributed by atoms with E-state index in [9.17, 15) is 29.1 Å². The fourth-order valence-corrected chi connectivity index (χ4v) is 2.79. The summed E-state index contributed by atoms with van der Waals surface area (Å²) in [5, 5.41) is 9.28. The van der Waals surface area contributed by atoms with E-state index in [0.29, 0.717) is 0 Å². The van der Waals surface area contributed by atoms with Crippen molar-refractivity contribution in [1.29, 1.82) is 0 Å². The van der Waals surface area contributed by atoms with E-state index >= 15 is 0 Å². The van der Waals surface area contributed by atoms with Crippen molar-refractivity contribution in [3.63, 3.8) is 0 Å². The highest BCUT2D eigenvalue weighted by Crippen LogP contribution is 2.30. The molecule has 0 aliphatic carbocycles. The van der Waals surface area contributed by atoms with Crippen molar-refractivity contribution in [1.82, 2.24) is 0 Å². The maximum Gasteiger partial charge on any atom is 0.332 e. The minimum atomic E-state index is -1.52. The lowest BCUT2D eigenvalue weighted by molar-refractivity contribution is -0.315. The number of carboxylic acid groups (broad SMARTS) is 1. The monoisotopic (exact) mass is 434 g/mol. The molecule has 0 radical (unpaired) electrons. The molecule has 1 rings (SSSR count). The largest absolute Gasteiger partial charge is 0.479 e. The van der Waals surface area contributed by atoms with Crippen LogP contribution in [0, 0.1) is 0 Å². The molecular weight excluding hydrogens is 408 g/mol. The number of aliphatic carboxylic acids is 1. The molecule has 6 atom stereocenters. The van der Waals surface area contributed by atoms with Crippen LogP contribution in [0.15, 0.2) is 0 Å². The third-order valence-electron chi connectivity index (χ3n) is 3.89. The Hall–Kier alpha value is -2.73. The fourth-order valence-electron chi connectivity index (χ4n) is 2.79. The SMILES string of the molecule is CCC(O[C@@H]1O[C@H](COC(C)=O)[C@@H](OC(C)=O)[C@H](OC(C)=O)[C@H]1OC(C)=O)C(=O)O. The summed E-state index contributed by atoms with van der Waals surface area (Å²) in [6.45, 7) is 5.50. The molecule has 0 aromatic heterocycles. The van der Waals surface area contributed by atoms with Gasteiger partial charge in [-0.1, -0.05) is 6.92 Å². The van der Waals surface area contributed by atoms with Crippen LogP contribution in [0.25, 0.3) is 0 Å². The number of ether oxygens (including phenoxy) is 6. The molecule has 1 heterocycles. The van der Waals surface area contributed by atoms with Crippen LogP contribution in [0.5, 0.6) is 0 Å². The molecule has 0 aromatic rings. The second-order valence-corrected chi connectivity index (χ2v) is 6.44. The lowest BCUT2D eigenvalue weighted by atomic mass is 9.98. The summed E-state index contributed by atoms with van der Waals surface area (Å²) in [6, 6.07) is 0. The normalized spacial score (nSPS) is 26.8. The van der Waals surface area contributed by atoms with Crippen molar-refractivity contribution in [2.75, 3.05) is 6.61 Å². The molecule has 12 nitrogen and oxygen atoms in total. The molecule has 1 saturated heterocycles. The number of hydrogen-bond donors (Lipinski definition) is 1. The van der Waals surface area contributed by atoms with Gasteiger partial charge in [-0.05, 0) is 6.42 Å². The maximum atomic E-state index is 11.7. The van der Waals surface area contributed by atoms with Crippen LogP contribution in [0.4, 0.5) is 0 Å². The summed E-state index contributed by atoms with van der Waals surface area (Å²) in [7, 11) is 0. The first-order valence-corrected chi connectivity index (χ1v) is 9.14. The van der Waals surface area contributed by atoms with Crippen molar-refractivity contribution in [2.45, 2.75) is 77.8 Å². The highest BCUT2D eigenvalue weighted by Gasteiger charge is 2.53. The fraction of sp³-hybridized carbons (Fsp3) is 0.722. The second-order valence-electron chi connectivity index (χ2n) is 6.44. The van der Waals surface area contributed by atoms with E-state index in [-0.39, 0.29) is 6.42 Å². The molecule has 170 valence electrons. The van der Waals surface area contributed by atoms with E-state index in [4.69, 9.17) is 28.4 Å². The van der Waals surface area contributed by atoms with Crippen LogP contribution >= 0.6 is 0 Å². The summed E-state index contributed by atoms with van der Waals surface area (Å²) in [5.74, 6) is -4.35. The molecule has 0 bridgehead atoms. The van der Waals surface area contributed by atoms with Gasteiger partial charge in [-0.2, -0.15) is 0 Å². The molecule has 1 fully saturated rings. The number of rotatable bonds is 9. The first-order chi connectivity index (χ1) is 14.0. The minimum absolute atomic E-state index is 0.0439. The lowest BCUT2D eigenvalue weighted by Gasteiger charge is -2.44. The van der Waals surface area contributed by atoms with Gasteiger partial charge in [0.25, 0.3) is 0 Å². The molecule has 0 spiro atoms. The lowest BCUT2D eigenvalue weighted by Crippen LogP contribution is -2.63. The van der Waals surface area contributed by atoms with Gasteiger partial charge < -0.3 is 33.5 Å². The molecule has 0 saturated carbocycles. The van der Waals surface area contributed by atoms with E-state index in [1.165, 1.54) is 0 Å². The third-order valence-corrected chi connectivity index (χ3v) is 3.89. The Morgan fingerprint density at radius 1 is 0.833 bits per heavy atom. The third kappa shape index (κ3) is 7.59. The van der Waals surface area contributed by atoms with E-state index in [2.05, 4.69) is 0 Å². The van der Waals surface area contributed by atoms with Gasteiger partial charge in [0.1, 0.15) is 12.7 Å². The van der Waals surface area contributed by atoms with Crippen LogP contribution in [0.2, 0.25) is 0 Å². The molecule has 0 amide bonds. The Labute approximate surface area is 172 Å². The number of carbonyl (C=O) groups is 5. The molecular formula is C18H26O12. The Morgan fingerprint density at radius 2 is 1.33 bits per heavy atom. The number of esters is 4. The predicted octanol–water partition coefficient (Wildman–Crippen LogP) is -0.0507. The molecule has 1 aliphatic rings. The zero-order valence-corrected chi connectivity index (χ0v) is 17.3. The Kier molecular flexibility index (Phi) is 9.66. The summed E-state index contributed by atoms with van der Waals surface area (Å²) < 4.78 is 31.6. The summed E-state index contributed by atoms with van der Waals surface area (Å²) in [4.78, 5) is 57.5. The summed E-state index contributed by atoms with van der Waals surface area (Å²) in [6.07, 6.45) is -8.23. The van der Waals surface area contributed by atoms with E-state index < -0.39 is 73.3 Å². The molecule has 1 unspecified atom stereocenters. The topological polar surface area (TPSA) is 161 Å². The summed E-state index contributed by atoms with van der Waals surface area (Å²) >= 11 is 0. The van der Waals surface area contributed by atoms with E-state index in [1.54, 1.807) is 6.92 Å². The van der Waals surface area contributed by atoms with Crippen molar-refractivity contribution in [2.24, 2.45) is 0 Å². The van der Waals surface area contributed by atoms with Gasteiger partial charge >= 0.3 is 29.8 Å². The van der Waals surface area contributed by atoms with Gasteiger partial charge in [0.15, 0.2) is 30.7 Å². The van der Waals surface area contributed by atoms with E-state index in [0.717, 1.165) is 27.7 Å². The maximum absolute atomic E-state index is 11.7.